The Hall–Kier alpha value is -1.57. The van der Waals surface area contributed by atoms with E-state index < -0.39 is 0 Å². The zero-order valence-corrected chi connectivity index (χ0v) is 9.32. The predicted octanol–water partition coefficient (Wildman–Crippen LogP) is 3.77. The van der Waals surface area contributed by atoms with Crippen LogP contribution in [0, 0.1) is 6.92 Å². The number of hydrogen-bond donors (Lipinski definition) is 0. The van der Waals surface area contributed by atoms with Crippen molar-refractivity contribution in [3.05, 3.63) is 41.9 Å². The minimum absolute atomic E-state index is 0.480. The van der Waals surface area contributed by atoms with E-state index in [0.717, 1.165) is 17.1 Å². The number of furan rings is 1. The first-order chi connectivity index (χ1) is 7.18. The fourth-order valence-corrected chi connectivity index (χ4v) is 1.69. The van der Waals surface area contributed by atoms with E-state index in [-0.39, 0.29) is 0 Å². The maximum Gasteiger partial charge on any atom is 0.136 e. The van der Waals surface area contributed by atoms with Crippen LogP contribution in [0.25, 0.3) is 11.3 Å². The Morgan fingerprint density at radius 2 is 2.00 bits per heavy atom. The van der Waals surface area contributed by atoms with Crippen molar-refractivity contribution < 1.29 is 4.42 Å². The molecule has 0 aliphatic carbocycles. The van der Waals surface area contributed by atoms with Crippen LogP contribution in [0.1, 0.15) is 31.1 Å². The summed E-state index contributed by atoms with van der Waals surface area (Å²) in [6, 6.07) is 6.03. The topological polar surface area (TPSA) is 26.0 Å². The second-order valence-corrected chi connectivity index (χ2v) is 4.03. The molecule has 0 bridgehead atoms. The smallest absolute Gasteiger partial charge is 0.136 e. The Bertz CT molecular complexity index is 457. The van der Waals surface area contributed by atoms with Crippen LogP contribution in [0.5, 0.6) is 0 Å². The van der Waals surface area contributed by atoms with Gasteiger partial charge in [-0.25, -0.2) is 0 Å². The first-order valence-electron chi connectivity index (χ1n) is 5.19. The largest absolute Gasteiger partial charge is 0.461 e. The van der Waals surface area contributed by atoms with Gasteiger partial charge in [0.05, 0.1) is 0 Å². The molecule has 2 heterocycles. The van der Waals surface area contributed by atoms with Crippen LogP contribution in [0.15, 0.2) is 35.0 Å². The monoisotopic (exact) mass is 201 g/mol. The quantitative estimate of drug-likeness (QED) is 0.739. The minimum atomic E-state index is 0.480. The molecule has 0 spiro atoms. The van der Waals surface area contributed by atoms with Gasteiger partial charge in [0.15, 0.2) is 0 Å². The summed E-state index contributed by atoms with van der Waals surface area (Å²) in [5, 5.41) is 0. The SMILES string of the molecule is Cc1ccc(-c2cnccc2C(C)C)o1. The zero-order valence-electron chi connectivity index (χ0n) is 9.32. The molecule has 78 valence electrons. The van der Waals surface area contributed by atoms with Gasteiger partial charge in [-0.3, -0.25) is 4.98 Å². The normalized spacial score (nSPS) is 10.9. The van der Waals surface area contributed by atoms with Gasteiger partial charge in [0.1, 0.15) is 11.5 Å². The van der Waals surface area contributed by atoms with Crippen LogP contribution in [-0.4, -0.2) is 4.98 Å². The number of aromatic nitrogens is 1. The first-order valence-corrected chi connectivity index (χ1v) is 5.19. The summed E-state index contributed by atoms with van der Waals surface area (Å²) >= 11 is 0. The second-order valence-electron chi connectivity index (χ2n) is 4.03. The lowest BCUT2D eigenvalue weighted by Gasteiger charge is -2.09. The zero-order chi connectivity index (χ0) is 10.8. The Morgan fingerprint density at radius 1 is 1.20 bits per heavy atom. The van der Waals surface area contributed by atoms with Crippen molar-refractivity contribution >= 4 is 0 Å². The lowest BCUT2D eigenvalue weighted by Crippen LogP contribution is -1.92. The number of rotatable bonds is 2. The molecule has 2 aromatic heterocycles. The van der Waals surface area contributed by atoms with Gasteiger partial charge < -0.3 is 4.42 Å². The van der Waals surface area contributed by atoms with E-state index in [0.29, 0.717) is 5.92 Å². The number of hydrogen-bond acceptors (Lipinski definition) is 2. The number of pyridine rings is 1. The van der Waals surface area contributed by atoms with Crippen LogP contribution in [0.3, 0.4) is 0 Å². The van der Waals surface area contributed by atoms with Crippen molar-refractivity contribution in [1.29, 1.82) is 0 Å². The van der Waals surface area contributed by atoms with Crippen molar-refractivity contribution in [3.63, 3.8) is 0 Å². The van der Waals surface area contributed by atoms with Crippen molar-refractivity contribution in [2.45, 2.75) is 26.7 Å². The molecule has 0 atom stereocenters. The molecule has 0 amide bonds. The number of aryl methyl sites for hydroxylation is 1. The van der Waals surface area contributed by atoms with Gasteiger partial charge in [-0.15, -0.1) is 0 Å². The van der Waals surface area contributed by atoms with Gasteiger partial charge in [0.25, 0.3) is 0 Å². The summed E-state index contributed by atoms with van der Waals surface area (Å²) in [5.74, 6) is 2.32. The highest BCUT2D eigenvalue weighted by Gasteiger charge is 2.10. The highest BCUT2D eigenvalue weighted by Crippen LogP contribution is 2.29. The van der Waals surface area contributed by atoms with Crippen molar-refractivity contribution in [3.8, 4) is 11.3 Å². The molecule has 15 heavy (non-hydrogen) atoms. The highest BCUT2D eigenvalue weighted by atomic mass is 16.3. The van der Waals surface area contributed by atoms with Gasteiger partial charge in [-0.1, -0.05) is 13.8 Å². The van der Waals surface area contributed by atoms with E-state index in [9.17, 15) is 0 Å². The van der Waals surface area contributed by atoms with Crippen molar-refractivity contribution in [2.24, 2.45) is 0 Å². The van der Waals surface area contributed by atoms with Gasteiger partial charge in [0.2, 0.25) is 0 Å². The van der Waals surface area contributed by atoms with E-state index in [1.54, 1.807) is 0 Å². The first kappa shape index (κ1) is 9.97. The van der Waals surface area contributed by atoms with Crippen molar-refractivity contribution in [2.75, 3.05) is 0 Å². The van der Waals surface area contributed by atoms with E-state index in [1.807, 2.05) is 31.5 Å². The standard InChI is InChI=1S/C13H15NO/c1-9(2)11-6-7-14-8-12(11)13-5-4-10(3)15-13/h4-9H,1-3H3. The molecule has 2 heteroatoms. The maximum atomic E-state index is 5.62. The Balaban J connectivity index is 2.52. The summed E-state index contributed by atoms with van der Waals surface area (Å²) < 4.78 is 5.62. The Labute approximate surface area is 90.0 Å². The fourth-order valence-electron chi connectivity index (χ4n) is 1.69. The van der Waals surface area contributed by atoms with Crippen LogP contribution in [-0.2, 0) is 0 Å². The third-order valence-electron chi connectivity index (χ3n) is 2.48. The van der Waals surface area contributed by atoms with Crippen LogP contribution < -0.4 is 0 Å². The summed E-state index contributed by atoms with van der Waals surface area (Å²) in [6.45, 7) is 6.30. The fraction of sp³-hybridized carbons (Fsp3) is 0.308. The van der Waals surface area contributed by atoms with Crippen LogP contribution in [0.4, 0.5) is 0 Å². The predicted molar refractivity (Wildman–Crippen MR) is 60.8 cm³/mol. The number of nitrogens with zero attached hydrogens (tertiary/aromatic N) is 1. The molecular weight excluding hydrogens is 186 g/mol. The molecule has 2 rings (SSSR count). The average Bonchev–Trinajstić information content (AvgIpc) is 2.65. The van der Waals surface area contributed by atoms with Gasteiger partial charge in [-0.2, -0.15) is 0 Å². The van der Waals surface area contributed by atoms with Gasteiger partial charge >= 0.3 is 0 Å². The Morgan fingerprint density at radius 3 is 2.60 bits per heavy atom. The van der Waals surface area contributed by atoms with E-state index >= 15 is 0 Å². The molecule has 0 saturated heterocycles. The molecule has 2 aromatic rings. The van der Waals surface area contributed by atoms with Crippen LogP contribution >= 0.6 is 0 Å². The minimum Gasteiger partial charge on any atom is -0.461 e. The van der Waals surface area contributed by atoms with Gasteiger partial charge in [-0.05, 0) is 36.6 Å². The van der Waals surface area contributed by atoms with Crippen LogP contribution in [0.2, 0.25) is 0 Å². The highest BCUT2D eigenvalue weighted by molar-refractivity contribution is 5.61. The molecule has 0 aliphatic heterocycles. The lowest BCUT2D eigenvalue weighted by molar-refractivity contribution is 0.547. The molecule has 0 fully saturated rings. The molecule has 0 unspecified atom stereocenters. The maximum absolute atomic E-state index is 5.62. The second kappa shape index (κ2) is 3.89. The van der Waals surface area contributed by atoms with E-state index in [2.05, 4.69) is 24.9 Å². The Kier molecular flexibility index (Phi) is 2.58. The molecule has 0 N–H and O–H groups in total. The summed E-state index contributed by atoms with van der Waals surface area (Å²) in [4.78, 5) is 4.15. The third kappa shape index (κ3) is 1.94. The molecule has 0 aromatic carbocycles. The summed E-state index contributed by atoms with van der Waals surface area (Å²) in [7, 11) is 0. The summed E-state index contributed by atoms with van der Waals surface area (Å²) in [5.41, 5.74) is 2.37. The molecule has 2 nitrogen and oxygen atoms in total. The summed E-state index contributed by atoms with van der Waals surface area (Å²) in [6.07, 6.45) is 3.70. The van der Waals surface area contributed by atoms with Crippen molar-refractivity contribution in [1.82, 2.24) is 4.98 Å². The van der Waals surface area contributed by atoms with E-state index in [1.165, 1.54) is 5.56 Å². The van der Waals surface area contributed by atoms with E-state index in [4.69, 9.17) is 4.42 Å². The molecule has 0 radical (unpaired) electrons. The molecule has 0 saturated carbocycles. The third-order valence-corrected chi connectivity index (χ3v) is 2.48. The molecule has 0 aliphatic rings. The molecular formula is C13H15NO. The lowest BCUT2D eigenvalue weighted by atomic mass is 9.98. The average molecular weight is 201 g/mol. The van der Waals surface area contributed by atoms with Gasteiger partial charge in [0, 0.05) is 18.0 Å².